The number of benzene rings is 3. The number of thioether (sulfide) groups is 1. The van der Waals surface area contributed by atoms with E-state index in [0.717, 1.165) is 6.42 Å². The summed E-state index contributed by atoms with van der Waals surface area (Å²) in [6.07, 6.45) is 22.9. The molecular formula is C40H26N4S2. The molecule has 0 spiro atoms. The Kier molecular flexibility index (Phi) is 5.12. The predicted molar refractivity (Wildman–Crippen MR) is 196 cm³/mol. The molecule has 11 rings (SSSR count). The van der Waals surface area contributed by atoms with Crippen LogP contribution in [0.5, 0.6) is 0 Å². The molecule has 0 amide bonds. The molecule has 218 valence electrons. The molecule has 4 nitrogen and oxygen atoms in total. The standard InChI is InChI=1S/C40H26N4S2/c1-3-7-35-25(5-1)29-19-23(9-13-37(29)45-35)43-33-15-17-41-21-31(33)27-11-12-28-32-22-42-18-16-34(32)44(40(28)39(27)43)24-10-14-38-30(20-24)26-6-2-4-8-36(26)46-38/h1-19,21-22,26,30,36H,20H2. The Hall–Kier alpha value is -4.91. The fraction of sp³-hybridized carbons (Fsp3) is 0.100. The highest BCUT2D eigenvalue weighted by Crippen LogP contribution is 2.54. The van der Waals surface area contributed by atoms with E-state index >= 15 is 0 Å². The lowest BCUT2D eigenvalue weighted by Crippen LogP contribution is -2.19. The van der Waals surface area contributed by atoms with Crippen molar-refractivity contribution in [3.05, 3.63) is 133 Å². The van der Waals surface area contributed by atoms with Crippen LogP contribution in [0.1, 0.15) is 6.42 Å². The molecule has 6 heterocycles. The van der Waals surface area contributed by atoms with Gasteiger partial charge < -0.3 is 9.13 Å². The summed E-state index contributed by atoms with van der Waals surface area (Å²) in [6, 6.07) is 24.7. The maximum atomic E-state index is 4.61. The molecule has 0 N–H and O–H groups in total. The second kappa shape index (κ2) is 9.32. The Morgan fingerprint density at radius 3 is 2.24 bits per heavy atom. The maximum Gasteiger partial charge on any atom is 0.0789 e. The first kappa shape index (κ1) is 25.3. The van der Waals surface area contributed by atoms with Crippen LogP contribution in [-0.4, -0.2) is 24.4 Å². The van der Waals surface area contributed by atoms with E-state index in [9.17, 15) is 0 Å². The molecule has 6 heteroatoms. The number of hydrogen-bond donors (Lipinski definition) is 0. The normalized spacial score (nSPS) is 20.7. The van der Waals surface area contributed by atoms with Gasteiger partial charge in [-0.2, -0.15) is 0 Å². The van der Waals surface area contributed by atoms with Gasteiger partial charge in [-0.25, -0.2) is 0 Å². The molecule has 0 saturated carbocycles. The Balaban J connectivity index is 1.24. The van der Waals surface area contributed by atoms with E-state index < -0.39 is 0 Å². The van der Waals surface area contributed by atoms with Crippen molar-refractivity contribution in [2.75, 3.05) is 0 Å². The van der Waals surface area contributed by atoms with E-state index in [-0.39, 0.29) is 0 Å². The zero-order chi connectivity index (χ0) is 29.9. The molecule has 8 aromatic rings. The monoisotopic (exact) mass is 626 g/mol. The smallest absolute Gasteiger partial charge is 0.0789 e. The van der Waals surface area contributed by atoms with Crippen molar-refractivity contribution in [2.24, 2.45) is 11.8 Å². The molecule has 0 bridgehead atoms. The number of rotatable bonds is 2. The van der Waals surface area contributed by atoms with E-state index in [1.807, 2.05) is 47.9 Å². The van der Waals surface area contributed by atoms with Gasteiger partial charge in [0.15, 0.2) is 0 Å². The van der Waals surface area contributed by atoms with E-state index in [0.29, 0.717) is 17.1 Å². The summed E-state index contributed by atoms with van der Waals surface area (Å²) in [6.45, 7) is 0. The number of allylic oxidation sites excluding steroid dienone is 7. The summed E-state index contributed by atoms with van der Waals surface area (Å²) in [4.78, 5) is 10.7. The van der Waals surface area contributed by atoms with Crippen LogP contribution >= 0.6 is 23.1 Å². The first-order valence-corrected chi connectivity index (χ1v) is 17.5. The predicted octanol–water partition coefficient (Wildman–Crippen LogP) is 10.7. The third kappa shape index (κ3) is 3.35. The molecule has 2 aliphatic carbocycles. The van der Waals surface area contributed by atoms with E-state index in [2.05, 4.69) is 122 Å². The van der Waals surface area contributed by atoms with Crippen LogP contribution in [0.25, 0.3) is 75.2 Å². The third-order valence-electron chi connectivity index (χ3n) is 10.3. The molecule has 3 aromatic carbocycles. The second-order valence-electron chi connectivity index (χ2n) is 12.6. The molecule has 1 aliphatic heterocycles. The number of pyridine rings is 2. The number of aromatic nitrogens is 4. The van der Waals surface area contributed by atoms with Crippen molar-refractivity contribution in [1.82, 2.24) is 19.1 Å². The molecule has 3 unspecified atom stereocenters. The average molecular weight is 627 g/mol. The van der Waals surface area contributed by atoms with Gasteiger partial charge in [0.1, 0.15) is 0 Å². The minimum Gasteiger partial charge on any atom is -0.311 e. The highest BCUT2D eigenvalue weighted by molar-refractivity contribution is 8.04. The van der Waals surface area contributed by atoms with Gasteiger partial charge in [-0.3, -0.25) is 9.97 Å². The van der Waals surface area contributed by atoms with Gasteiger partial charge in [-0.05, 0) is 53.8 Å². The molecule has 1 saturated heterocycles. The van der Waals surface area contributed by atoms with Gasteiger partial charge in [0.25, 0.3) is 0 Å². The Morgan fingerprint density at radius 2 is 1.39 bits per heavy atom. The van der Waals surface area contributed by atoms with E-state index in [4.69, 9.17) is 0 Å². The molecule has 5 aromatic heterocycles. The zero-order valence-electron chi connectivity index (χ0n) is 24.7. The molecule has 46 heavy (non-hydrogen) atoms. The SMILES string of the molecule is C1=CC2SC3=CC=C(n4c5ccncc5c5ccc6c7cnccc7n(-c7ccc8sc9ccccc9c8c7)c6c54)CC3C2C=C1. The van der Waals surface area contributed by atoms with Gasteiger partial charge in [-0.15, -0.1) is 23.1 Å². The maximum absolute atomic E-state index is 4.61. The van der Waals surface area contributed by atoms with Gasteiger partial charge >= 0.3 is 0 Å². The van der Waals surface area contributed by atoms with Crippen molar-refractivity contribution >= 4 is 92.6 Å². The second-order valence-corrected chi connectivity index (χ2v) is 14.9. The van der Waals surface area contributed by atoms with Crippen LogP contribution < -0.4 is 0 Å². The summed E-state index contributed by atoms with van der Waals surface area (Å²) in [5.41, 5.74) is 7.32. The third-order valence-corrected chi connectivity index (χ3v) is 12.9. The minimum absolute atomic E-state index is 0.495. The van der Waals surface area contributed by atoms with Crippen LogP contribution in [0.3, 0.4) is 0 Å². The van der Waals surface area contributed by atoms with E-state index in [1.54, 1.807) is 0 Å². The molecule has 0 radical (unpaired) electrons. The summed E-state index contributed by atoms with van der Waals surface area (Å²) in [7, 11) is 0. The van der Waals surface area contributed by atoms with Crippen LogP contribution in [0.2, 0.25) is 0 Å². The Morgan fingerprint density at radius 1 is 0.652 bits per heavy atom. The fourth-order valence-corrected chi connectivity index (χ4v) is 10.8. The number of thiophene rings is 1. The summed E-state index contributed by atoms with van der Waals surface area (Å²) in [5, 5.41) is 7.93. The highest BCUT2D eigenvalue weighted by Gasteiger charge is 2.40. The van der Waals surface area contributed by atoms with Crippen molar-refractivity contribution in [3.63, 3.8) is 0 Å². The number of nitrogens with zero attached hydrogens (tertiary/aromatic N) is 4. The number of hydrogen-bond acceptors (Lipinski definition) is 4. The minimum atomic E-state index is 0.495. The zero-order valence-corrected chi connectivity index (χ0v) is 26.3. The van der Waals surface area contributed by atoms with Gasteiger partial charge in [0.2, 0.25) is 0 Å². The molecule has 3 aliphatic rings. The summed E-state index contributed by atoms with van der Waals surface area (Å²) < 4.78 is 7.66. The van der Waals surface area contributed by atoms with E-state index in [1.165, 1.54) is 80.1 Å². The average Bonchev–Trinajstić information content (AvgIpc) is 3.85. The quantitative estimate of drug-likeness (QED) is 0.192. The Bertz CT molecular complexity index is 2730. The summed E-state index contributed by atoms with van der Waals surface area (Å²) in [5.74, 6) is 1.03. The Labute approximate surface area is 272 Å². The number of fused-ring (bicyclic) bond motifs is 13. The lowest BCUT2D eigenvalue weighted by Gasteiger charge is -2.25. The van der Waals surface area contributed by atoms with Crippen molar-refractivity contribution in [3.8, 4) is 5.69 Å². The van der Waals surface area contributed by atoms with Crippen LogP contribution in [0.15, 0.2) is 133 Å². The fourth-order valence-electron chi connectivity index (χ4n) is 8.26. The molecular weight excluding hydrogens is 601 g/mol. The first-order chi connectivity index (χ1) is 22.8. The van der Waals surface area contributed by atoms with Crippen molar-refractivity contribution in [1.29, 1.82) is 0 Å². The molecule has 1 fully saturated rings. The first-order valence-electron chi connectivity index (χ1n) is 15.8. The lowest BCUT2D eigenvalue weighted by atomic mass is 9.82. The van der Waals surface area contributed by atoms with Gasteiger partial charge in [-0.1, -0.05) is 60.7 Å². The van der Waals surface area contributed by atoms with Crippen LogP contribution in [0, 0.1) is 11.8 Å². The van der Waals surface area contributed by atoms with Crippen molar-refractivity contribution in [2.45, 2.75) is 11.7 Å². The van der Waals surface area contributed by atoms with Crippen LogP contribution in [-0.2, 0) is 0 Å². The highest BCUT2D eigenvalue weighted by atomic mass is 32.2. The lowest BCUT2D eigenvalue weighted by molar-refractivity contribution is 0.500. The topological polar surface area (TPSA) is 35.6 Å². The van der Waals surface area contributed by atoms with Gasteiger partial charge in [0, 0.05) is 95.0 Å². The van der Waals surface area contributed by atoms with Gasteiger partial charge in [0.05, 0.1) is 22.1 Å². The largest absolute Gasteiger partial charge is 0.311 e. The van der Waals surface area contributed by atoms with Crippen LogP contribution in [0.4, 0.5) is 0 Å². The van der Waals surface area contributed by atoms with Crippen molar-refractivity contribution < 1.29 is 0 Å². The molecule has 3 atom stereocenters. The summed E-state index contributed by atoms with van der Waals surface area (Å²) >= 11 is 3.90.